The van der Waals surface area contributed by atoms with Crippen LogP contribution in [0.25, 0.3) is 0 Å². The molecule has 3 heterocycles. The van der Waals surface area contributed by atoms with E-state index < -0.39 is 0 Å². The standard InChI is InChI=1S/C12H16O2S2Te/c1(13-3-11-5-15-11)9-7-17-8-10(9)2-14-4-12-6-16-12/h7-8,11-12H,1-6H2. The molecule has 0 radical (unpaired) electrons. The molecule has 2 unspecified atom stereocenters. The van der Waals surface area contributed by atoms with E-state index in [-0.39, 0.29) is 20.4 Å². The van der Waals surface area contributed by atoms with Gasteiger partial charge >= 0.3 is 121 Å². The van der Waals surface area contributed by atoms with Gasteiger partial charge in [-0.15, -0.1) is 0 Å². The van der Waals surface area contributed by atoms with Gasteiger partial charge in [0.15, 0.2) is 0 Å². The van der Waals surface area contributed by atoms with Crippen molar-refractivity contribution in [3.05, 3.63) is 19.3 Å². The Kier molecular flexibility index (Phi) is 4.83. The number of rotatable bonds is 8. The van der Waals surface area contributed by atoms with Gasteiger partial charge in [0.25, 0.3) is 0 Å². The summed E-state index contributed by atoms with van der Waals surface area (Å²) < 4.78 is 16.3. The Balaban J connectivity index is 1.40. The van der Waals surface area contributed by atoms with E-state index in [2.05, 4.69) is 8.16 Å². The van der Waals surface area contributed by atoms with Crippen LogP contribution >= 0.6 is 23.5 Å². The molecular formula is C12H16O2S2Te. The zero-order valence-corrected chi connectivity index (χ0v) is 13.6. The van der Waals surface area contributed by atoms with E-state index in [1.807, 2.05) is 23.5 Å². The summed E-state index contributed by atoms with van der Waals surface area (Å²) in [6, 6.07) is 0. The maximum atomic E-state index is 5.74. The van der Waals surface area contributed by atoms with Crippen molar-refractivity contribution in [1.29, 1.82) is 0 Å². The summed E-state index contributed by atoms with van der Waals surface area (Å²) in [5.41, 5.74) is 2.81. The van der Waals surface area contributed by atoms with Gasteiger partial charge < -0.3 is 0 Å². The molecule has 2 fully saturated rings. The van der Waals surface area contributed by atoms with Crippen molar-refractivity contribution in [2.24, 2.45) is 0 Å². The van der Waals surface area contributed by atoms with Crippen molar-refractivity contribution in [2.75, 3.05) is 24.7 Å². The van der Waals surface area contributed by atoms with Gasteiger partial charge in [-0.3, -0.25) is 0 Å². The molecule has 2 aliphatic heterocycles. The van der Waals surface area contributed by atoms with Crippen molar-refractivity contribution in [2.45, 2.75) is 23.7 Å². The summed E-state index contributed by atoms with van der Waals surface area (Å²) in [4.78, 5) is 0. The zero-order chi connectivity index (χ0) is 11.5. The first-order chi connectivity index (χ1) is 8.42. The molecular weight excluding hydrogens is 368 g/mol. The van der Waals surface area contributed by atoms with Crippen LogP contribution in [-0.4, -0.2) is 55.7 Å². The van der Waals surface area contributed by atoms with Crippen LogP contribution in [0.1, 0.15) is 11.1 Å². The van der Waals surface area contributed by atoms with Crippen molar-refractivity contribution in [3.63, 3.8) is 0 Å². The van der Waals surface area contributed by atoms with Crippen LogP contribution < -0.4 is 0 Å². The fraction of sp³-hybridized carbons (Fsp3) is 0.667. The predicted octanol–water partition coefficient (Wildman–Crippen LogP) is 2.01. The molecule has 0 aliphatic carbocycles. The molecule has 0 saturated carbocycles. The Bertz CT molecular complexity index is 329. The number of hydrogen-bond acceptors (Lipinski definition) is 4. The van der Waals surface area contributed by atoms with Gasteiger partial charge in [-0.05, 0) is 0 Å². The first-order valence-electron chi connectivity index (χ1n) is 5.84. The van der Waals surface area contributed by atoms with Gasteiger partial charge in [0.05, 0.1) is 0 Å². The van der Waals surface area contributed by atoms with Crippen LogP contribution in [0.3, 0.4) is 0 Å². The quantitative estimate of drug-likeness (QED) is 0.504. The molecule has 0 bridgehead atoms. The second-order valence-corrected chi connectivity index (χ2v) is 9.15. The van der Waals surface area contributed by atoms with Crippen LogP contribution in [-0.2, 0) is 22.7 Å². The molecule has 1 aromatic rings. The van der Waals surface area contributed by atoms with Crippen LogP contribution in [0.5, 0.6) is 0 Å². The fourth-order valence-corrected chi connectivity index (χ4v) is 4.77. The third-order valence-corrected chi connectivity index (χ3v) is 7.04. The summed E-state index contributed by atoms with van der Waals surface area (Å²) in [7, 11) is 0. The van der Waals surface area contributed by atoms with Crippen LogP contribution in [0.4, 0.5) is 0 Å². The summed E-state index contributed by atoms with van der Waals surface area (Å²) in [5.74, 6) is 2.58. The summed E-state index contributed by atoms with van der Waals surface area (Å²) in [5, 5.41) is 1.56. The molecule has 17 heavy (non-hydrogen) atoms. The minimum atomic E-state index is -0.0354. The summed E-state index contributed by atoms with van der Waals surface area (Å²) >= 11 is 3.96. The van der Waals surface area contributed by atoms with Gasteiger partial charge in [0.2, 0.25) is 0 Å². The third-order valence-electron chi connectivity index (χ3n) is 2.76. The second-order valence-electron chi connectivity index (χ2n) is 4.36. The fourth-order valence-electron chi connectivity index (χ4n) is 1.53. The molecule has 2 aliphatic rings. The number of ether oxygens (including phenoxy) is 2. The zero-order valence-electron chi connectivity index (χ0n) is 9.59. The average molecular weight is 384 g/mol. The molecule has 94 valence electrons. The van der Waals surface area contributed by atoms with E-state index in [0.29, 0.717) is 0 Å². The van der Waals surface area contributed by atoms with E-state index >= 15 is 0 Å². The topological polar surface area (TPSA) is 18.5 Å². The molecule has 0 spiro atoms. The van der Waals surface area contributed by atoms with E-state index in [0.717, 1.165) is 36.9 Å². The first-order valence-corrected chi connectivity index (χ1v) is 10.6. The Labute approximate surface area is 120 Å². The van der Waals surface area contributed by atoms with Crippen LogP contribution in [0.2, 0.25) is 0 Å². The van der Waals surface area contributed by atoms with E-state index in [4.69, 9.17) is 9.47 Å². The summed E-state index contributed by atoms with van der Waals surface area (Å²) in [6.45, 7) is 3.45. The molecule has 5 heteroatoms. The first kappa shape index (κ1) is 12.9. The van der Waals surface area contributed by atoms with E-state index in [9.17, 15) is 0 Å². The maximum absolute atomic E-state index is 5.74. The normalized spacial score (nSPS) is 26.1. The third kappa shape index (κ3) is 4.49. The number of thioether (sulfide) groups is 2. The van der Waals surface area contributed by atoms with Crippen LogP contribution in [0.15, 0.2) is 8.16 Å². The molecule has 1 aromatic heterocycles. The van der Waals surface area contributed by atoms with Crippen molar-refractivity contribution in [3.8, 4) is 0 Å². The summed E-state index contributed by atoms with van der Waals surface area (Å²) in [6.07, 6.45) is 0. The SMILES string of the molecule is c1[te]cc(COCC2CS2)c1COCC1CS1. The molecule has 3 rings (SSSR count). The van der Waals surface area contributed by atoms with Crippen LogP contribution in [0, 0.1) is 0 Å². The van der Waals surface area contributed by atoms with Gasteiger partial charge in [-0.1, -0.05) is 0 Å². The molecule has 2 nitrogen and oxygen atoms in total. The molecule has 2 saturated heterocycles. The Hall–Kier alpha value is 0.890. The van der Waals surface area contributed by atoms with Gasteiger partial charge in [0, 0.05) is 0 Å². The van der Waals surface area contributed by atoms with Gasteiger partial charge in [0.1, 0.15) is 0 Å². The molecule has 0 N–H and O–H groups in total. The predicted molar refractivity (Wildman–Crippen MR) is 75.2 cm³/mol. The molecule has 0 amide bonds. The average Bonchev–Trinajstić information content (AvgIpc) is 3.22. The van der Waals surface area contributed by atoms with Crippen molar-refractivity contribution >= 4 is 44.0 Å². The number of hydrogen-bond donors (Lipinski definition) is 0. The minimum absolute atomic E-state index is 0.0354. The van der Waals surface area contributed by atoms with E-state index in [1.54, 1.807) is 0 Å². The Morgan fingerprint density at radius 3 is 1.88 bits per heavy atom. The second kappa shape index (κ2) is 6.36. The van der Waals surface area contributed by atoms with Crippen molar-refractivity contribution < 1.29 is 9.47 Å². The monoisotopic (exact) mass is 386 g/mol. The molecule has 0 aromatic carbocycles. The Morgan fingerprint density at radius 2 is 1.47 bits per heavy atom. The van der Waals surface area contributed by atoms with Gasteiger partial charge in [-0.25, -0.2) is 0 Å². The Morgan fingerprint density at radius 1 is 1.00 bits per heavy atom. The van der Waals surface area contributed by atoms with Crippen molar-refractivity contribution in [1.82, 2.24) is 0 Å². The van der Waals surface area contributed by atoms with E-state index in [1.165, 1.54) is 22.6 Å². The molecule has 2 atom stereocenters. The van der Waals surface area contributed by atoms with Gasteiger partial charge in [-0.2, -0.15) is 0 Å².